The van der Waals surface area contributed by atoms with Gasteiger partial charge in [-0.1, -0.05) is 20.3 Å². The van der Waals surface area contributed by atoms with Crippen LogP contribution in [0.4, 0.5) is 4.79 Å². The van der Waals surface area contributed by atoms with Crippen LogP contribution in [0.3, 0.4) is 0 Å². The average molecular weight is 273 g/mol. The predicted octanol–water partition coefficient (Wildman–Crippen LogP) is 2.91. The highest BCUT2D eigenvalue weighted by Gasteiger charge is 2.38. The first-order valence-corrected chi connectivity index (χ1v) is 7.54. The Balaban J connectivity index is 2.84. The van der Waals surface area contributed by atoms with E-state index in [2.05, 4.69) is 13.8 Å². The van der Waals surface area contributed by atoms with Gasteiger partial charge in [-0.05, 0) is 26.7 Å². The van der Waals surface area contributed by atoms with Gasteiger partial charge in [-0.2, -0.15) is 0 Å². The summed E-state index contributed by atoms with van der Waals surface area (Å²) in [7, 11) is 0. The van der Waals surface area contributed by atoms with Crippen LogP contribution in [0.5, 0.6) is 0 Å². The monoisotopic (exact) mass is 273 g/mol. The number of rotatable bonds is 2. The minimum Gasteiger partial charge on any atom is -0.443 e. The molecule has 0 saturated carbocycles. The Morgan fingerprint density at radius 1 is 1.56 bits per heavy atom. The van der Waals surface area contributed by atoms with Crippen molar-refractivity contribution in [2.24, 2.45) is 5.92 Å². The van der Waals surface area contributed by atoms with Crippen molar-refractivity contribution in [3.05, 3.63) is 0 Å². The highest BCUT2D eigenvalue weighted by molar-refractivity contribution is 8.00. The van der Waals surface area contributed by atoms with Gasteiger partial charge in [0.2, 0.25) is 5.91 Å². The third-order valence-corrected chi connectivity index (χ3v) is 4.03. The van der Waals surface area contributed by atoms with Gasteiger partial charge in [0.15, 0.2) is 0 Å². The topological polar surface area (TPSA) is 46.6 Å². The fourth-order valence-corrected chi connectivity index (χ4v) is 2.99. The Hall–Kier alpha value is -0.710. The number of hydrogen-bond donors (Lipinski definition) is 0. The first-order valence-electron chi connectivity index (χ1n) is 6.39. The molecule has 4 nitrogen and oxygen atoms in total. The van der Waals surface area contributed by atoms with E-state index < -0.39 is 11.7 Å². The van der Waals surface area contributed by atoms with Crippen molar-refractivity contribution in [2.45, 2.75) is 52.7 Å². The molecule has 1 aliphatic heterocycles. The van der Waals surface area contributed by atoms with Crippen LogP contribution >= 0.6 is 11.8 Å². The van der Waals surface area contributed by atoms with Crippen molar-refractivity contribution in [3.63, 3.8) is 0 Å². The first kappa shape index (κ1) is 15.3. The molecule has 0 N–H and O–H groups in total. The molecule has 18 heavy (non-hydrogen) atoms. The van der Waals surface area contributed by atoms with Gasteiger partial charge in [-0.25, -0.2) is 9.69 Å². The largest absolute Gasteiger partial charge is 0.443 e. The molecule has 2 amide bonds. The second-order valence-corrected chi connectivity index (χ2v) is 6.74. The normalized spacial score (nSPS) is 22.8. The molecule has 0 bridgehead atoms. The molecule has 2 atom stereocenters. The number of amides is 2. The highest BCUT2D eigenvalue weighted by atomic mass is 32.2. The van der Waals surface area contributed by atoms with Gasteiger partial charge in [-0.15, -0.1) is 11.8 Å². The van der Waals surface area contributed by atoms with Gasteiger partial charge < -0.3 is 4.74 Å². The molecule has 1 aliphatic rings. The maximum absolute atomic E-state index is 12.1. The molecule has 0 aliphatic carbocycles. The third-order valence-electron chi connectivity index (χ3n) is 3.01. The lowest BCUT2D eigenvalue weighted by atomic mass is 9.99. The van der Waals surface area contributed by atoms with Gasteiger partial charge in [0, 0.05) is 5.75 Å². The minimum atomic E-state index is -0.568. The smallest absolute Gasteiger partial charge is 0.417 e. The number of carbonyl (C=O) groups is 2. The van der Waals surface area contributed by atoms with Gasteiger partial charge in [-0.3, -0.25) is 4.79 Å². The molecule has 0 unspecified atom stereocenters. The van der Waals surface area contributed by atoms with Crippen LogP contribution in [0.25, 0.3) is 0 Å². The summed E-state index contributed by atoms with van der Waals surface area (Å²) in [6.45, 7) is 9.58. The number of ether oxygens (including phenoxy) is 1. The molecule has 0 aromatic carbocycles. The van der Waals surface area contributed by atoms with E-state index >= 15 is 0 Å². The third kappa shape index (κ3) is 3.90. The summed E-state index contributed by atoms with van der Waals surface area (Å²) in [6, 6.07) is -0.0453. The zero-order chi connectivity index (χ0) is 13.9. The van der Waals surface area contributed by atoms with Crippen LogP contribution < -0.4 is 0 Å². The maximum atomic E-state index is 12.1. The Morgan fingerprint density at radius 3 is 2.67 bits per heavy atom. The average Bonchev–Trinajstić information content (AvgIpc) is 2.25. The van der Waals surface area contributed by atoms with Gasteiger partial charge in [0.05, 0.1) is 11.8 Å². The first-order chi connectivity index (χ1) is 8.26. The molecular formula is C13H23NO3S. The summed E-state index contributed by atoms with van der Waals surface area (Å²) >= 11 is 1.59. The standard InChI is InChI=1S/C13H23NO3S/c1-6-9(2)10-7-18-8-11(15)14(10)12(16)17-13(3,4)5/h9-10H,6-8H2,1-5H3/t9-,10+/m0/s1. The lowest BCUT2D eigenvalue weighted by Gasteiger charge is -2.37. The fraction of sp³-hybridized carbons (Fsp3) is 0.846. The molecule has 1 heterocycles. The molecule has 1 fully saturated rings. The zero-order valence-corrected chi connectivity index (χ0v) is 12.7. The molecule has 0 spiro atoms. The van der Waals surface area contributed by atoms with Crippen molar-refractivity contribution in [1.82, 2.24) is 4.90 Å². The van der Waals surface area contributed by atoms with Crippen molar-refractivity contribution in [1.29, 1.82) is 0 Å². The van der Waals surface area contributed by atoms with Gasteiger partial charge >= 0.3 is 6.09 Å². The Morgan fingerprint density at radius 2 is 2.17 bits per heavy atom. The van der Waals surface area contributed by atoms with E-state index in [4.69, 9.17) is 4.74 Å². The Kier molecular flexibility index (Phi) is 5.08. The quantitative estimate of drug-likeness (QED) is 0.776. The van der Waals surface area contributed by atoms with E-state index in [1.165, 1.54) is 4.90 Å². The maximum Gasteiger partial charge on any atom is 0.417 e. The molecule has 1 saturated heterocycles. The summed E-state index contributed by atoms with van der Waals surface area (Å²) in [6.07, 6.45) is 0.441. The van der Waals surface area contributed by atoms with E-state index in [1.54, 1.807) is 11.8 Å². The Bertz CT molecular complexity index is 325. The molecule has 0 aromatic rings. The summed E-state index contributed by atoms with van der Waals surface area (Å²) in [5.41, 5.74) is -0.568. The van der Waals surface area contributed by atoms with Crippen LogP contribution in [-0.4, -0.2) is 40.0 Å². The van der Waals surface area contributed by atoms with E-state index in [-0.39, 0.29) is 11.9 Å². The summed E-state index contributed by atoms with van der Waals surface area (Å²) in [5, 5.41) is 0. The lowest BCUT2D eigenvalue weighted by molar-refractivity contribution is -0.130. The molecule has 0 radical (unpaired) electrons. The molecule has 5 heteroatoms. The summed E-state index contributed by atoms with van der Waals surface area (Å²) in [5.74, 6) is 1.34. The number of carbonyl (C=O) groups excluding carboxylic acids is 2. The number of hydrogen-bond acceptors (Lipinski definition) is 4. The number of thioether (sulfide) groups is 1. The number of imide groups is 1. The molecular weight excluding hydrogens is 250 g/mol. The summed E-state index contributed by atoms with van der Waals surface area (Å²) in [4.78, 5) is 25.4. The Labute approximate surface area is 113 Å². The lowest BCUT2D eigenvalue weighted by Crippen LogP contribution is -2.53. The van der Waals surface area contributed by atoms with Crippen LogP contribution in [-0.2, 0) is 9.53 Å². The zero-order valence-electron chi connectivity index (χ0n) is 11.9. The number of nitrogens with zero attached hydrogens (tertiary/aromatic N) is 1. The van der Waals surface area contributed by atoms with E-state index in [1.807, 2.05) is 20.8 Å². The van der Waals surface area contributed by atoms with Crippen molar-refractivity contribution < 1.29 is 14.3 Å². The molecule has 1 rings (SSSR count). The fourth-order valence-electron chi connectivity index (χ4n) is 1.84. The van der Waals surface area contributed by atoms with Crippen molar-refractivity contribution in [2.75, 3.05) is 11.5 Å². The van der Waals surface area contributed by atoms with Crippen LogP contribution in [0.2, 0.25) is 0 Å². The second-order valence-electron chi connectivity index (χ2n) is 5.71. The van der Waals surface area contributed by atoms with Crippen molar-refractivity contribution >= 4 is 23.8 Å². The molecule has 0 aromatic heterocycles. The summed E-state index contributed by atoms with van der Waals surface area (Å²) < 4.78 is 5.33. The van der Waals surface area contributed by atoms with Crippen LogP contribution in [0.1, 0.15) is 41.0 Å². The van der Waals surface area contributed by atoms with E-state index in [0.717, 1.165) is 12.2 Å². The van der Waals surface area contributed by atoms with E-state index in [9.17, 15) is 9.59 Å². The van der Waals surface area contributed by atoms with Crippen LogP contribution in [0.15, 0.2) is 0 Å². The highest BCUT2D eigenvalue weighted by Crippen LogP contribution is 2.26. The predicted molar refractivity (Wildman–Crippen MR) is 73.6 cm³/mol. The van der Waals surface area contributed by atoms with E-state index in [0.29, 0.717) is 11.7 Å². The SMILES string of the molecule is CC[C@H](C)[C@H]1CSCC(=O)N1C(=O)OC(C)(C)C. The van der Waals surface area contributed by atoms with Crippen LogP contribution in [0, 0.1) is 5.92 Å². The minimum absolute atomic E-state index is 0.0453. The van der Waals surface area contributed by atoms with Gasteiger partial charge in [0.1, 0.15) is 5.60 Å². The molecule has 104 valence electrons. The second kappa shape index (κ2) is 5.95. The van der Waals surface area contributed by atoms with Gasteiger partial charge in [0.25, 0.3) is 0 Å². The van der Waals surface area contributed by atoms with Crippen molar-refractivity contribution in [3.8, 4) is 0 Å².